The van der Waals surface area contributed by atoms with Crippen LogP contribution in [0.1, 0.15) is 45.3 Å². The van der Waals surface area contributed by atoms with Crippen molar-refractivity contribution in [3.63, 3.8) is 0 Å². The van der Waals surface area contributed by atoms with Crippen molar-refractivity contribution in [3.05, 3.63) is 88.3 Å². The number of carbonyl (C=O) groups is 2. The zero-order chi connectivity index (χ0) is 26.0. The summed E-state index contributed by atoms with van der Waals surface area (Å²) in [5, 5.41) is 2.86. The molecule has 1 aliphatic rings. The maximum absolute atomic E-state index is 14.1. The zero-order valence-corrected chi connectivity index (χ0v) is 19.8. The number of para-hydroxylation sites is 1. The summed E-state index contributed by atoms with van der Waals surface area (Å²) in [6.07, 6.45) is -3.84. The first-order valence-corrected chi connectivity index (χ1v) is 11.4. The number of pyridine rings is 1. The van der Waals surface area contributed by atoms with Crippen LogP contribution in [-0.4, -0.2) is 35.2 Å². The number of fused-ring (bicyclic) bond motifs is 1. The number of carbonyl (C=O) groups excluding carboxylic acids is 2. The molecule has 0 radical (unpaired) electrons. The number of rotatable bonds is 5. The lowest BCUT2D eigenvalue weighted by atomic mass is 9.87. The number of allylic oxidation sites excluding steroid dienone is 2. The van der Waals surface area contributed by atoms with Gasteiger partial charge < -0.3 is 11.1 Å². The second-order valence-corrected chi connectivity index (χ2v) is 8.79. The largest absolute Gasteiger partial charge is 0.434 e. The molecule has 36 heavy (non-hydrogen) atoms. The van der Waals surface area contributed by atoms with Gasteiger partial charge in [0.25, 0.3) is 11.8 Å². The molecule has 0 fully saturated rings. The number of halogens is 3. The van der Waals surface area contributed by atoms with Crippen molar-refractivity contribution in [1.29, 1.82) is 0 Å². The molecule has 4 rings (SSSR count). The van der Waals surface area contributed by atoms with Crippen LogP contribution in [-0.2, 0) is 6.42 Å². The molecule has 0 saturated carbocycles. The monoisotopic (exact) mass is 494 g/mol. The molecule has 2 aromatic carbocycles. The zero-order valence-electron chi connectivity index (χ0n) is 19.8. The Kier molecular flexibility index (Phi) is 6.92. The van der Waals surface area contributed by atoms with E-state index in [1.165, 1.54) is 6.07 Å². The van der Waals surface area contributed by atoms with Crippen LogP contribution in [0.5, 0.6) is 0 Å². The van der Waals surface area contributed by atoms with E-state index in [1.807, 2.05) is 31.2 Å². The third-order valence-corrected chi connectivity index (χ3v) is 6.44. The number of hydrogen-bond acceptors (Lipinski definition) is 4. The molecule has 6 nitrogen and oxygen atoms in total. The third kappa shape index (κ3) is 5.15. The number of primary amides is 1. The van der Waals surface area contributed by atoms with Gasteiger partial charge in [0.05, 0.1) is 16.8 Å². The summed E-state index contributed by atoms with van der Waals surface area (Å²) >= 11 is 0. The predicted octanol–water partition coefficient (Wildman–Crippen LogP) is 4.91. The van der Waals surface area contributed by atoms with Crippen LogP contribution in [0.3, 0.4) is 0 Å². The quantitative estimate of drug-likeness (QED) is 0.527. The van der Waals surface area contributed by atoms with Gasteiger partial charge in [0.15, 0.2) is 5.71 Å². The Hall–Kier alpha value is -4.01. The van der Waals surface area contributed by atoms with Gasteiger partial charge in [-0.3, -0.25) is 14.6 Å². The first-order valence-electron chi connectivity index (χ1n) is 11.4. The molecule has 1 unspecified atom stereocenters. The molecule has 1 aromatic heterocycles. The van der Waals surface area contributed by atoms with Gasteiger partial charge in [-0.2, -0.15) is 13.2 Å². The van der Waals surface area contributed by atoms with Gasteiger partial charge in [-0.05, 0) is 61.4 Å². The summed E-state index contributed by atoms with van der Waals surface area (Å²) in [5.74, 6) is -1.92. The molecule has 1 atom stereocenters. The summed E-state index contributed by atoms with van der Waals surface area (Å²) in [4.78, 5) is 33.2. The van der Waals surface area contributed by atoms with Crippen molar-refractivity contribution in [3.8, 4) is 0 Å². The predicted molar refractivity (Wildman–Crippen MR) is 132 cm³/mol. The van der Waals surface area contributed by atoms with Crippen LogP contribution in [0, 0.1) is 12.8 Å². The first-order chi connectivity index (χ1) is 17.1. The number of aromatic nitrogens is 1. The molecule has 2 amide bonds. The summed E-state index contributed by atoms with van der Waals surface area (Å²) in [5.41, 5.74) is 6.52. The molecule has 1 aliphatic heterocycles. The van der Waals surface area contributed by atoms with E-state index in [1.54, 1.807) is 31.2 Å². The van der Waals surface area contributed by atoms with E-state index in [0.29, 0.717) is 29.3 Å². The highest BCUT2D eigenvalue weighted by molar-refractivity contribution is 6.13. The standard InChI is InChI=1S/C27H25F3N4O2/c1-15-7-3-4-8-17(15)13-18-11-12-32-24(27(28,29)30)23(16(18)2)34-26(36)20-14-22(25(31)35)33-21-10-6-5-9-19(20)21/h3-10,14,18H,11-13H2,1-2H3,(H2,31,35)(H,34,36). The van der Waals surface area contributed by atoms with E-state index >= 15 is 0 Å². The summed E-state index contributed by atoms with van der Waals surface area (Å²) in [7, 11) is 0. The minimum atomic E-state index is -4.76. The van der Waals surface area contributed by atoms with Gasteiger partial charge in [0.1, 0.15) is 5.69 Å². The van der Waals surface area contributed by atoms with Crippen LogP contribution in [0.15, 0.2) is 70.9 Å². The fourth-order valence-corrected chi connectivity index (χ4v) is 4.44. The van der Waals surface area contributed by atoms with Crippen LogP contribution >= 0.6 is 0 Å². The highest BCUT2D eigenvalue weighted by Gasteiger charge is 2.41. The van der Waals surface area contributed by atoms with E-state index in [9.17, 15) is 22.8 Å². The Labute approximate surface area is 206 Å². The van der Waals surface area contributed by atoms with Gasteiger partial charge in [-0.25, -0.2) is 4.98 Å². The Balaban J connectivity index is 1.79. The SMILES string of the molecule is CC1=C(NC(=O)c2cc(C(N)=O)nc3ccccc23)C(C(F)(F)F)=NCCC1Cc1ccccc1C. The number of hydrogen-bond donors (Lipinski definition) is 2. The van der Waals surface area contributed by atoms with Crippen molar-refractivity contribution in [2.75, 3.05) is 6.54 Å². The van der Waals surface area contributed by atoms with Crippen molar-refractivity contribution in [2.24, 2.45) is 16.6 Å². The molecule has 0 aliphatic carbocycles. The van der Waals surface area contributed by atoms with E-state index in [2.05, 4.69) is 15.3 Å². The molecule has 3 aromatic rings. The second-order valence-electron chi connectivity index (χ2n) is 8.79. The Morgan fingerprint density at radius 2 is 1.78 bits per heavy atom. The smallest absolute Gasteiger partial charge is 0.364 e. The highest BCUT2D eigenvalue weighted by Crippen LogP contribution is 2.32. The average molecular weight is 495 g/mol. The van der Waals surface area contributed by atoms with Crippen molar-refractivity contribution in [1.82, 2.24) is 10.3 Å². The number of aliphatic imine (C=N–C) groups is 1. The summed E-state index contributed by atoms with van der Waals surface area (Å²) < 4.78 is 42.2. The lowest BCUT2D eigenvalue weighted by molar-refractivity contribution is -0.0586. The highest BCUT2D eigenvalue weighted by atomic mass is 19.4. The number of aryl methyl sites for hydroxylation is 1. The van der Waals surface area contributed by atoms with Crippen molar-refractivity contribution in [2.45, 2.75) is 32.9 Å². The van der Waals surface area contributed by atoms with Crippen molar-refractivity contribution >= 4 is 28.4 Å². The molecular formula is C27H25F3N4O2. The lowest BCUT2D eigenvalue weighted by Gasteiger charge is -2.22. The number of benzene rings is 2. The van der Waals surface area contributed by atoms with Gasteiger partial charge in [-0.1, -0.05) is 42.5 Å². The van der Waals surface area contributed by atoms with E-state index < -0.39 is 23.7 Å². The topological polar surface area (TPSA) is 97.4 Å². The fourth-order valence-electron chi connectivity index (χ4n) is 4.44. The molecule has 2 heterocycles. The second kappa shape index (κ2) is 9.93. The molecule has 0 spiro atoms. The molecule has 186 valence electrons. The minimum absolute atomic E-state index is 0.00377. The molecule has 0 saturated heterocycles. The average Bonchev–Trinajstić information content (AvgIpc) is 2.98. The number of alkyl halides is 3. The number of amides is 2. The minimum Gasteiger partial charge on any atom is -0.364 e. The Morgan fingerprint density at radius 1 is 1.08 bits per heavy atom. The van der Waals surface area contributed by atoms with Crippen LogP contribution in [0.2, 0.25) is 0 Å². The number of nitrogens with one attached hydrogen (secondary N) is 1. The van der Waals surface area contributed by atoms with E-state index in [4.69, 9.17) is 5.73 Å². The molecule has 3 N–H and O–H groups in total. The Bertz CT molecular complexity index is 1410. The summed E-state index contributed by atoms with van der Waals surface area (Å²) in [6, 6.07) is 15.4. The molecule has 0 bridgehead atoms. The molecule has 9 heteroatoms. The van der Waals surface area contributed by atoms with Crippen LogP contribution in [0.4, 0.5) is 13.2 Å². The first kappa shape index (κ1) is 25.1. The van der Waals surface area contributed by atoms with Crippen LogP contribution < -0.4 is 11.1 Å². The van der Waals surface area contributed by atoms with Gasteiger partial charge in [-0.15, -0.1) is 0 Å². The number of nitrogens with zero attached hydrogens (tertiary/aromatic N) is 2. The van der Waals surface area contributed by atoms with E-state index in [-0.39, 0.29) is 29.4 Å². The third-order valence-electron chi connectivity index (χ3n) is 6.44. The number of nitrogens with two attached hydrogens (primary N) is 1. The van der Waals surface area contributed by atoms with Crippen LogP contribution in [0.25, 0.3) is 10.9 Å². The maximum Gasteiger partial charge on any atom is 0.434 e. The normalized spacial score (nSPS) is 16.5. The van der Waals surface area contributed by atoms with Gasteiger partial charge in [0, 0.05) is 11.9 Å². The summed E-state index contributed by atoms with van der Waals surface area (Å²) in [6.45, 7) is 3.53. The molecular weight excluding hydrogens is 469 g/mol. The van der Waals surface area contributed by atoms with Gasteiger partial charge in [0.2, 0.25) is 0 Å². The van der Waals surface area contributed by atoms with Gasteiger partial charge >= 0.3 is 6.18 Å². The van der Waals surface area contributed by atoms with Crippen molar-refractivity contribution < 1.29 is 22.8 Å². The maximum atomic E-state index is 14.1. The lowest BCUT2D eigenvalue weighted by Crippen LogP contribution is -2.36. The Morgan fingerprint density at radius 3 is 2.47 bits per heavy atom. The van der Waals surface area contributed by atoms with E-state index in [0.717, 1.165) is 11.1 Å². The fraction of sp³-hybridized carbons (Fsp3) is 0.259.